The van der Waals surface area contributed by atoms with Gasteiger partial charge in [0, 0.05) is 61.8 Å². The zero-order valence-electron chi connectivity index (χ0n) is 34.3. The molecule has 0 saturated heterocycles. The Morgan fingerprint density at radius 1 is 0.636 bits per heavy atom. The maximum Gasteiger partial charge on any atom is 0.224 e. The van der Waals surface area contributed by atoms with Crippen LogP contribution in [0.1, 0.15) is 156 Å². The maximum atomic E-state index is 13.7. The SMILES string of the molecule is CCCCCCCCCCCCCCCC(=O)N[C@@H](Cc1cnc[nH]1)C(=O)C[C@@H](C)C(=O)N[C@@H](C(=O)C[C@@H](Cc1cnc[nH]1)C(=O)N[C@@H](C)C(C)=O)C(C)C. The van der Waals surface area contributed by atoms with Crippen molar-refractivity contribution in [2.24, 2.45) is 17.8 Å². The highest BCUT2D eigenvalue weighted by atomic mass is 16.2. The number of imidazole rings is 2. The summed E-state index contributed by atoms with van der Waals surface area (Å²) in [5.41, 5.74) is 1.34. The third-order valence-corrected chi connectivity index (χ3v) is 10.3. The Kier molecular flexibility index (Phi) is 22.7. The van der Waals surface area contributed by atoms with Crippen molar-refractivity contribution in [1.82, 2.24) is 35.9 Å². The summed E-state index contributed by atoms with van der Waals surface area (Å²) in [6.45, 7) is 10.4. The number of Topliss-reactive ketones (excluding diaryl/α,β-unsaturated/α-hetero) is 3. The fraction of sp³-hybridized carbons (Fsp3) is 0.714. The molecule has 2 heterocycles. The van der Waals surface area contributed by atoms with Crippen LogP contribution >= 0.6 is 0 Å². The molecule has 0 radical (unpaired) electrons. The summed E-state index contributed by atoms with van der Waals surface area (Å²) >= 11 is 0. The van der Waals surface area contributed by atoms with Gasteiger partial charge >= 0.3 is 0 Å². The molecule has 2 aromatic rings. The molecule has 0 aromatic carbocycles. The van der Waals surface area contributed by atoms with Crippen LogP contribution in [0.15, 0.2) is 25.0 Å². The average molecular weight is 768 g/mol. The van der Waals surface area contributed by atoms with E-state index in [2.05, 4.69) is 42.8 Å². The molecule has 55 heavy (non-hydrogen) atoms. The van der Waals surface area contributed by atoms with Crippen LogP contribution in [0.3, 0.4) is 0 Å². The second-order valence-corrected chi connectivity index (χ2v) is 15.7. The van der Waals surface area contributed by atoms with Gasteiger partial charge in [0.2, 0.25) is 17.7 Å². The molecule has 0 spiro atoms. The Bertz CT molecular complexity index is 1430. The lowest BCUT2D eigenvalue weighted by Gasteiger charge is -2.26. The van der Waals surface area contributed by atoms with Crippen molar-refractivity contribution < 1.29 is 28.8 Å². The van der Waals surface area contributed by atoms with Crippen LogP contribution in [-0.2, 0) is 41.6 Å². The Balaban J connectivity index is 1.91. The first-order valence-electron chi connectivity index (χ1n) is 20.7. The number of carbonyl (C=O) groups excluding carboxylic acids is 6. The third-order valence-electron chi connectivity index (χ3n) is 10.3. The fourth-order valence-electron chi connectivity index (χ4n) is 6.60. The molecule has 13 nitrogen and oxygen atoms in total. The van der Waals surface area contributed by atoms with E-state index in [4.69, 9.17) is 0 Å². The molecule has 5 N–H and O–H groups in total. The molecule has 5 atom stereocenters. The van der Waals surface area contributed by atoms with Gasteiger partial charge in [-0.15, -0.1) is 0 Å². The van der Waals surface area contributed by atoms with Gasteiger partial charge in [-0.25, -0.2) is 9.97 Å². The number of carbonyl (C=O) groups is 6. The van der Waals surface area contributed by atoms with E-state index in [0.717, 1.165) is 19.3 Å². The number of nitrogens with zero attached hydrogens (tertiary/aromatic N) is 2. The first-order valence-corrected chi connectivity index (χ1v) is 20.7. The van der Waals surface area contributed by atoms with Gasteiger partial charge in [0.25, 0.3) is 0 Å². The summed E-state index contributed by atoms with van der Waals surface area (Å²) in [6.07, 6.45) is 22.3. The minimum Gasteiger partial charge on any atom is -0.348 e. The molecule has 0 aliphatic rings. The quantitative estimate of drug-likeness (QED) is 0.0552. The number of amides is 3. The molecule has 0 unspecified atom stereocenters. The van der Waals surface area contributed by atoms with Crippen LogP contribution < -0.4 is 16.0 Å². The molecular formula is C42H69N7O6. The van der Waals surface area contributed by atoms with Crippen molar-refractivity contribution >= 4 is 35.1 Å². The third kappa shape index (κ3) is 19.3. The summed E-state index contributed by atoms with van der Waals surface area (Å²) < 4.78 is 0. The molecule has 0 aliphatic carbocycles. The number of aromatic nitrogens is 4. The molecule has 0 fully saturated rings. The smallest absolute Gasteiger partial charge is 0.224 e. The number of ketones is 3. The van der Waals surface area contributed by atoms with Gasteiger partial charge in [0.15, 0.2) is 17.3 Å². The second kappa shape index (κ2) is 26.6. The van der Waals surface area contributed by atoms with E-state index < -0.39 is 41.8 Å². The first-order chi connectivity index (χ1) is 26.3. The van der Waals surface area contributed by atoms with Crippen molar-refractivity contribution in [3.63, 3.8) is 0 Å². The summed E-state index contributed by atoms with van der Waals surface area (Å²) in [7, 11) is 0. The van der Waals surface area contributed by atoms with E-state index in [9.17, 15) is 28.8 Å². The van der Waals surface area contributed by atoms with Gasteiger partial charge < -0.3 is 25.9 Å². The van der Waals surface area contributed by atoms with Crippen LogP contribution in [-0.4, -0.2) is 73.1 Å². The number of nitrogens with one attached hydrogen (secondary N) is 5. The number of rotatable bonds is 31. The summed E-state index contributed by atoms with van der Waals surface area (Å²) in [6, 6.07) is -2.47. The summed E-state index contributed by atoms with van der Waals surface area (Å²) in [4.78, 5) is 92.6. The van der Waals surface area contributed by atoms with E-state index in [1.807, 2.05) is 0 Å². The molecule has 308 valence electrons. The van der Waals surface area contributed by atoms with Crippen LogP contribution in [0.25, 0.3) is 0 Å². The monoisotopic (exact) mass is 768 g/mol. The number of unbranched alkanes of at least 4 members (excludes halogenated alkanes) is 12. The van der Waals surface area contributed by atoms with E-state index in [0.29, 0.717) is 17.8 Å². The standard InChI is InChI=1S/C42H69N7O6/c1-7-8-9-10-11-12-13-14-15-16-17-18-19-20-39(53)48-36(24-35-26-44-28-46-35)37(51)21-30(4)41(54)49-40(29(2)3)38(52)23-33(22-34-25-43-27-45-34)42(55)47-31(5)32(6)50/h25-31,33,36,40H,7-24H2,1-6H3,(H,43,45)(H,44,46)(H,47,55)(H,48,53)(H,49,54)/t30-,31+,33-,36+,40-/m1/s1. The first kappa shape index (κ1) is 47.0. The maximum absolute atomic E-state index is 13.7. The lowest BCUT2D eigenvalue weighted by Crippen LogP contribution is -2.49. The molecule has 2 rings (SSSR count). The normalized spacial score (nSPS) is 14.1. The van der Waals surface area contributed by atoms with E-state index in [-0.39, 0.29) is 54.9 Å². The van der Waals surface area contributed by atoms with Gasteiger partial charge in [0.1, 0.15) is 0 Å². The lowest BCUT2D eigenvalue weighted by molar-refractivity contribution is -0.135. The Hall–Kier alpha value is -4.16. The van der Waals surface area contributed by atoms with Crippen LogP contribution in [0.4, 0.5) is 0 Å². The second-order valence-electron chi connectivity index (χ2n) is 15.7. The largest absolute Gasteiger partial charge is 0.348 e. The van der Waals surface area contributed by atoms with Crippen molar-refractivity contribution in [2.75, 3.05) is 0 Å². The van der Waals surface area contributed by atoms with Crippen LogP contribution in [0.5, 0.6) is 0 Å². The summed E-state index contributed by atoms with van der Waals surface area (Å²) in [5.74, 6) is -3.86. The predicted octanol–water partition coefficient (Wildman–Crippen LogP) is 6.29. The molecule has 0 saturated carbocycles. The minimum atomic E-state index is -0.909. The average Bonchev–Trinajstić information content (AvgIpc) is 3.86. The van der Waals surface area contributed by atoms with Crippen molar-refractivity contribution in [2.45, 2.75) is 175 Å². The van der Waals surface area contributed by atoms with Crippen LogP contribution in [0, 0.1) is 17.8 Å². The Morgan fingerprint density at radius 2 is 1.16 bits per heavy atom. The minimum absolute atomic E-state index is 0.142. The van der Waals surface area contributed by atoms with Gasteiger partial charge in [-0.3, -0.25) is 28.8 Å². The molecule has 13 heteroatoms. The van der Waals surface area contributed by atoms with Gasteiger partial charge in [-0.1, -0.05) is 105 Å². The van der Waals surface area contributed by atoms with Gasteiger partial charge in [-0.05, 0) is 26.2 Å². The number of hydrogen-bond donors (Lipinski definition) is 5. The van der Waals surface area contributed by atoms with Crippen molar-refractivity contribution in [1.29, 1.82) is 0 Å². The molecular weight excluding hydrogens is 699 g/mol. The zero-order valence-corrected chi connectivity index (χ0v) is 34.3. The van der Waals surface area contributed by atoms with Crippen molar-refractivity contribution in [3.05, 3.63) is 36.4 Å². The highest BCUT2D eigenvalue weighted by Gasteiger charge is 2.33. The van der Waals surface area contributed by atoms with Gasteiger partial charge in [0.05, 0.1) is 36.7 Å². The molecule has 0 bridgehead atoms. The lowest BCUT2D eigenvalue weighted by atomic mass is 9.88. The Labute approximate surface area is 328 Å². The number of hydrogen-bond acceptors (Lipinski definition) is 8. The number of H-pyrrole nitrogens is 2. The highest BCUT2D eigenvalue weighted by molar-refractivity contribution is 5.96. The summed E-state index contributed by atoms with van der Waals surface area (Å²) in [5, 5.41) is 8.41. The Morgan fingerprint density at radius 3 is 1.65 bits per heavy atom. The molecule has 0 aliphatic heterocycles. The van der Waals surface area contributed by atoms with Crippen molar-refractivity contribution in [3.8, 4) is 0 Å². The zero-order chi connectivity index (χ0) is 40.6. The van der Waals surface area contributed by atoms with E-state index >= 15 is 0 Å². The predicted molar refractivity (Wildman–Crippen MR) is 214 cm³/mol. The molecule has 2 aromatic heterocycles. The number of aromatic amines is 2. The molecule has 3 amide bonds. The van der Waals surface area contributed by atoms with Gasteiger partial charge in [-0.2, -0.15) is 0 Å². The van der Waals surface area contributed by atoms with E-state index in [1.165, 1.54) is 83.8 Å². The topological polar surface area (TPSA) is 196 Å². The van der Waals surface area contributed by atoms with Crippen LogP contribution in [0.2, 0.25) is 0 Å². The highest BCUT2D eigenvalue weighted by Crippen LogP contribution is 2.18. The van der Waals surface area contributed by atoms with E-state index in [1.54, 1.807) is 40.1 Å². The fourth-order valence-corrected chi connectivity index (χ4v) is 6.60.